The molecule has 5 nitrogen and oxygen atoms in total. The minimum absolute atomic E-state index is 0.157. The summed E-state index contributed by atoms with van der Waals surface area (Å²) in [6.07, 6.45) is 2.87. The van der Waals surface area contributed by atoms with E-state index < -0.39 is 11.7 Å². The maximum absolute atomic E-state index is 13.3. The van der Waals surface area contributed by atoms with E-state index in [1.54, 1.807) is 24.4 Å². The van der Waals surface area contributed by atoms with Gasteiger partial charge in [-0.15, -0.1) is 11.3 Å². The number of aromatic nitrogens is 1. The van der Waals surface area contributed by atoms with Crippen molar-refractivity contribution in [2.45, 2.75) is 13.8 Å². The second-order valence-corrected chi connectivity index (χ2v) is 6.86. The number of carbonyl (C=O) groups excluding carboxylic acids is 2. The summed E-state index contributed by atoms with van der Waals surface area (Å²) >= 11 is 1.30. The number of rotatable bonds is 5. The fourth-order valence-electron chi connectivity index (χ4n) is 2.52. The van der Waals surface area contributed by atoms with Crippen LogP contribution in [0.25, 0.3) is 6.08 Å². The van der Waals surface area contributed by atoms with Crippen LogP contribution >= 0.6 is 11.3 Å². The molecule has 0 spiro atoms. The zero-order valence-corrected chi connectivity index (χ0v) is 16.2. The monoisotopic (exact) mass is 395 g/mol. The highest BCUT2D eigenvalue weighted by molar-refractivity contribution is 7.14. The Morgan fingerprint density at radius 1 is 1.18 bits per heavy atom. The molecular formula is C21H18FN3O2S. The summed E-state index contributed by atoms with van der Waals surface area (Å²) in [5.74, 6) is -0.968. The number of amides is 2. The van der Waals surface area contributed by atoms with Crippen LogP contribution in [0.15, 0.2) is 60.0 Å². The number of para-hydroxylation sites is 1. The predicted molar refractivity (Wildman–Crippen MR) is 110 cm³/mol. The number of aryl methyl sites for hydroxylation is 1. The number of thiazole rings is 1. The zero-order valence-electron chi connectivity index (χ0n) is 15.3. The number of halogens is 1. The molecule has 3 rings (SSSR count). The first-order valence-corrected chi connectivity index (χ1v) is 9.38. The molecule has 0 fully saturated rings. The Morgan fingerprint density at radius 2 is 1.93 bits per heavy atom. The third kappa shape index (κ3) is 4.69. The highest BCUT2D eigenvalue weighted by Gasteiger charge is 2.17. The number of hydrogen-bond acceptors (Lipinski definition) is 4. The van der Waals surface area contributed by atoms with Crippen LogP contribution in [0.3, 0.4) is 0 Å². The Balaban J connectivity index is 1.73. The van der Waals surface area contributed by atoms with Gasteiger partial charge in [0.15, 0.2) is 5.13 Å². The average Bonchev–Trinajstić information content (AvgIpc) is 3.12. The maximum Gasteiger partial charge on any atom is 0.248 e. The Morgan fingerprint density at radius 3 is 2.64 bits per heavy atom. The molecule has 142 valence electrons. The summed E-state index contributed by atoms with van der Waals surface area (Å²) in [6, 6.07) is 13.4. The molecule has 0 radical (unpaired) electrons. The third-order valence-corrected chi connectivity index (χ3v) is 4.74. The van der Waals surface area contributed by atoms with Crippen LogP contribution in [0.1, 0.15) is 18.2 Å². The van der Waals surface area contributed by atoms with E-state index in [4.69, 9.17) is 0 Å². The molecule has 0 atom stereocenters. The highest BCUT2D eigenvalue weighted by Crippen LogP contribution is 2.29. The minimum atomic E-state index is -0.417. The molecule has 0 aliphatic rings. The van der Waals surface area contributed by atoms with Crippen molar-refractivity contribution in [3.63, 3.8) is 0 Å². The molecule has 0 saturated heterocycles. The van der Waals surface area contributed by atoms with Crippen LogP contribution in [0.4, 0.5) is 20.9 Å². The first kappa shape index (κ1) is 19.4. The topological polar surface area (TPSA) is 62.3 Å². The standard InChI is InChI=1S/C21H18FN3O2S/c1-14-8-9-16(22)12-19(14)24-20(27)11-10-17-13-28-21(23-17)25(15(2)26)18-6-4-3-5-7-18/h3-13H,1-2H3,(H,24,27)/b11-10+. The molecule has 2 aromatic carbocycles. The van der Waals surface area contributed by atoms with E-state index in [1.165, 1.54) is 41.4 Å². The lowest BCUT2D eigenvalue weighted by molar-refractivity contribution is -0.116. The van der Waals surface area contributed by atoms with Crippen molar-refractivity contribution in [2.75, 3.05) is 10.2 Å². The van der Waals surface area contributed by atoms with Crippen LogP contribution in [-0.2, 0) is 9.59 Å². The van der Waals surface area contributed by atoms with Gasteiger partial charge >= 0.3 is 0 Å². The first-order valence-electron chi connectivity index (χ1n) is 8.50. The number of hydrogen-bond donors (Lipinski definition) is 1. The van der Waals surface area contributed by atoms with Gasteiger partial charge < -0.3 is 5.32 Å². The Bertz CT molecular complexity index is 1030. The van der Waals surface area contributed by atoms with Crippen molar-refractivity contribution in [3.05, 3.63) is 77.1 Å². The van der Waals surface area contributed by atoms with Crippen LogP contribution in [-0.4, -0.2) is 16.8 Å². The van der Waals surface area contributed by atoms with E-state index in [2.05, 4.69) is 10.3 Å². The molecule has 0 bridgehead atoms. The van der Waals surface area contributed by atoms with E-state index in [0.717, 1.165) is 11.3 Å². The van der Waals surface area contributed by atoms with Crippen LogP contribution in [0, 0.1) is 12.7 Å². The van der Waals surface area contributed by atoms with Gasteiger partial charge in [0.2, 0.25) is 11.8 Å². The largest absolute Gasteiger partial charge is 0.322 e. The van der Waals surface area contributed by atoms with Gasteiger partial charge in [-0.25, -0.2) is 9.37 Å². The second kappa shape index (κ2) is 8.58. The zero-order chi connectivity index (χ0) is 20.1. The second-order valence-electron chi connectivity index (χ2n) is 6.03. The van der Waals surface area contributed by atoms with Gasteiger partial charge in [-0.3, -0.25) is 14.5 Å². The third-order valence-electron chi connectivity index (χ3n) is 3.89. The molecule has 2 amide bonds. The molecule has 0 aliphatic carbocycles. The fraction of sp³-hybridized carbons (Fsp3) is 0.0952. The van der Waals surface area contributed by atoms with Crippen LogP contribution in [0.2, 0.25) is 0 Å². The summed E-state index contributed by atoms with van der Waals surface area (Å²) in [5.41, 5.74) is 2.45. The molecule has 1 N–H and O–H groups in total. The van der Waals surface area contributed by atoms with Crippen molar-refractivity contribution in [1.29, 1.82) is 0 Å². The molecular weight excluding hydrogens is 377 g/mol. The molecule has 7 heteroatoms. The molecule has 0 unspecified atom stereocenters. The van der Waals surface area contributed by atoms with Gasteiger partial charge in [0.05, 0.1) is 11.4 Å². The number of carbonyl (C=O) groups is 2. The molecule has 28 heavy (non-hydrogen) atoms. The van der Waals surface area contributed by atoms with Crippen LogP contribution in [0.5, 0.6) is 0 Å². The van der Waals surface area contributed by atoms with Gasteiger partial charge in [0.1, 0.15) is 5.82 Å². The molecule has 1 heterocycles. The van der Waals surface area contributed by atoms with Crippen LogP contribution < -0.4 is 10.2 Å². The number of nitrogens with zero attached hydrogens (tertiary/aromatic N) is 2. The number of benzene rings is 2. The van der Waals surface area contributed by atoms with Crippen molar-refractivity contribution in [1.82, 2.24) is 4.98 Å². The summed E-state index contributed by atoms with van der Waals surface area (Å²) < 4.78 is 13.3. The van der Waals surface area contributed by atoms with E-state index >= 15 is 0 Å². The van der Waals surface area contributed by atoms with Crippen molar-refractivity contribution in [3.8, 4) is 0 Å². The molecule has 0 saturated carbocycles. The number of anilines is 3. The van der Waals surface area contributed by atoms with Gasteiger partial charge in [0.25, 0.3) is 0 Å². The Kier molecular flexibility index (Phi) is 5.96. The van der Waals surface area contributed by atoms with Crippen molar-refractivity contribution in [2.24, 2.45) is 0 Å². The van der Waals surface area contributed by atoms with Crippen molar-refractivity contribution < 1.29 is 14.0 Å². The lowest BCUT2D eigenvalue weighted by Gasteiger charge is -2.17. The van der Waals surface area contributed by atoms with E-state index in [0.29, 0.717) is 16.5 Å². The smallest absolute Gasteiger partial charge is 0.248 e. The molecule has 0 aliphatic heterocycles. The summed E-state index contributed by atoms with van der Waals surface area (Å²) in [5, 5.41) is 4.91. The van der Waals surface area contributed by atoms with E-state index in [9.17, 15) is 14.0 Å². The fourth-order valence-corrected chi connectivity index (χ4v) is 3.38. The maximum atomic E-state index is 13.3. The summed E-state index contributed by atoms with van der Waals surface area (Å²) in [6.45, 7) is 3.25. The predicted octanol–water partition coefficient (Wildman–Crippen LogP) is 4.93. The van der Waals surface area contributed by atoms with Gasteiger partial charge in [0, 0.05) is 24.1 Å². The minimum Gasteiger partial charge on any atom is -0.322 e. The molecule has 1 aromatic heterocycles. The lowest BCUT2D eigenvalue weighted by atomic mass is 10.2. The first-order chi connectivity index (χ1) is 13.4. The van der Waals surface area contributed by atoms with Gasteiger partial charge in [-0.2, -0.15) is 0 Å². The Hall–Kier alpha value is -3.32. The lowest BCUT2D eigenvalue weighted by Crippen LogP contribution is -2.22. The Labute approximate surface area is 166 Å². The summed E-state index contributed by atoms with van der Waals surface area (Å²) in [4.78, 5) is 30.1. The average molecular weight is 395 g/mol. The number of nitrogens with one attached hydrogen (secondary N) is 1. The normalized spacial score (nSPS) is 10.8. The highest BCUT2D eigenvalue weighted by atomic mass is 32.1. The SMILES string of the molecule is CC(=O)N(c1ccccc1)c1nc(/C=C/C(=O)Nc2cc(F)ccc2C)cs1. The van der Waals surface area contributed by atoms with Gasteiger partial charge in [-0.05, 0) is 42.8 Å². The van der Waals surface area contributed by atoms with Crippen molar-refractivity contribution >= 4 is 45.7 Å². The molecule has 3 aromatic rings. The van der Waals surface area contributed by atoms with Gasteiger partial charge in [-0.1, -0.05) is 24.3 Å². The summed E-state index contributed by atoms with van der Waals surface area (Å²) in [7, 11) is 0. The van der Waals surface area contributed by atoms with E-state index in [1.807, 2.05) is 30.3 Å². The quantitative estimate of drug-likeness (QED) is 0.623. The van der Waals surface area contributed by atoms with E-state index in [-0.39, 0.29) is 5.91 Å².